The number of aryl methyl sites for hydroxylation is 1. The summed E-state index contributed by atoms with van der Waals surface area (Å²) in [6, 6.07) is 7.85. The van der Waals surface area contributed by atoms with E-state index in [1.54, 1.807) is 7.11 Å². The van der Waals surface area contributed by atoms with E-state index >= 15 is 0 Å². The van der Waals surface area contributed by atoms with Crippen LogP contribution in [0.5, 0.6) is 5.75 Å². The average molecular weight is 389 g/mol. The molecular weight excluding hydrogens is 356 g/mol. The second kappa shape index (κ2) is 10.5. The average Bonchev–Trinajstić information content (AvgIpc) is 3.13. The van der Waals surface area contributed by atoms with Gasteiger partial charge in [0.15, 0.2) is 0 Å². The zero-order valence-electron chi connectivity index (χ0n) is 16.9. The van der Waals surface area contributed by atoms with Crippen molar-refractivity contribution in [2.45, 2.75) is 51.0 Å². The molecule has 2 fully saturated rings. The van der Waals surface area contributed by atoms with E-state index in [2.05, 4.69) is 0 Å². The minimum atomic E-state index is 0.171. The van der Waals surface area contributed by atoms with E-state index in [0.717, 1.165) is 63.1 Å². The fraction of sp³-hybridized carbons (Fsp3) is 0.636. The minimum absolute atomic E-state index is 0.171. The van der Waals surface area contributed by atoms with Crippen LogP contribution in [-0.2, 0) is 20.7 Å². The molecular formula is C22H32N2O4. The summed E-state index contributed by atoms with van der Waals surface area (Å²) in [4.78, 5) is 28.9. The second-order valence-electron chi connectivity index (χ2n) is 7.64. The van der Waals surface area contributed by atoms with E-state index in [-0.39, 0.29) is 17.9 Å². The third-order valence-corrected chi connectivity index (χ3v) is 5.69. The zero-order valence-corrected chi connectivity index (χ0v) is 16.9. The maximum atomic E-state index is 12.6. The first-order valence-corrected chi connectivity index (χ1v) is 10.5. The highest BCUT2D eigenvalue weighted by molar-refractivity contribution is 5.78. The maximum Gasteiger partial charge on any atom is 0.222 e. The van der Waals surface area contributed by atoms with Crippen LogP contribution in [0.1, 0.15) is 44.1 Å². The predicted molar refractivity (Wildman–Crippen MR) is 107 cm³/mol. The van der Waals surface area contributed by atoms with Crippen molar-refractivity contribution in [2.75, 3.05) is 39.9 Å². The molecule has 154 valence electrons. The summed E-state index contributed by atoms with van der Waals surface area (Å²) >= 11 is 0. The quantitative estimate of drug-likeness (QED) is 0.721. The van der Waals surface area contributed by atoms with Gasteiger partial charge in [0.1, 0.15) is 5.75 Å². The SMILES string of the molecule is COc1ccc(CCC(=O)N2CCCN(C(=O)CCC3CCCO3)CC2)cc1. The Bertz CT molecular complexity index is 640. The molecule has 0 bridgehead atoms. The Kier molecular flexibility index (Phi) is 7.71. The Morgan fingerprint density at radius 2 is 1.68 bits per heavy atom. The van der Waals surface area contributed by atoms with Gasteiger partial charge < -0.3 is 19.3 Å². The third-order valence-electron chi connectivity index (χ3n) is 5.69. The van der Waals surface area contributed by atoms with Gasteiger partial charge in [-0.05, 0) is 49.8 Å². The molecule has 0 saturated carbocycles. The molecule has 2 aliphatic heterocycles. The van der Waals surface area contributed by atoms with E-state index in [4.69, 9.17) is 9.47 Å². The van der Waals surface area contributed by atoms with Gasteiger partial charge in [0.05, 0.1) is 13.2 Å². The summed E-state index contributed by atoms with van der Waals surface area (Å²) in [6.07, 6.45) is 5.88. The molecule has 6 nitrogen and oxygen atoms in total. The van der Waals surface area contributed by atoms with Crippen LogP contribution >= 0.6 is 0 Å². The van der Waals surface area contributed by atoms with Crippen molar-refractivity contribution in [3.63, 3.8) is 0 Å². The molecule has 3 rings (SSSR count). The summed E-state index contributed by atoms with van der Waals surface area (Å²) in [6.45, 7) is 3.57. The lowest BCUT2D eigenvalue weighted by Crippen LogP contribution is -2.37. The summed E-state index contributed by atoms with van der Waals surface area (Å²) in [5.41, 5.74) is 1.13. The molecule has 1 aromatic carbocycles. The van der Waals surface area contributed by atoms with Crippen LogP contribution < -0.4 is 4.74 Å². The van der Waals surface area contributed by atoms with Crippen LogP contribution in [-0.4, -0.2) is 67.6 Å². The number of nitrogens with zero attached hydrogens (tertiary/aromatic N) is 2. The number of amides is 2. The number of benzene rings is 1. The molecule has 1 unspecified atom stereocenters. The highest BCUT2D eigenvalue weighted by Gasteiger charge is 2.23. The minimum Gasteiger partial charge on any atom is -0.497 e. The number of rotatable bonds is 7. The van der Waals surface area contributed by atoms with Gasteiger partial charge in [-0.15, -0.1) is 0 Å². The van der Waals surface area contributed by atoms with Gasteiger partial charge in [0.25, 0.3) is 0 Å². The zero-order chi connectivity index (χ0) is 19.8. The van der Waals surface area contributed by atoms with E-state index in [0.29, 0.717) is 25.9 Å². The molecule has 1 aromatic rings. The van der Waals surface area contributed by atoms with Crippen molar-refractivity contribution in [3.8, 4) is 5.75 Å². The van der Waals surface area contributed by atoms with E-state index in [9.17, 15) is 9.59 Å². The molecule has 2 heterocycles. The second-order valence-corrected chi connectivity index (χ2v) is 7.64. The number of hydrogen-bond donors (Lipinski definition) is 0. The molecule has 2 saturated heterocycles. The van der Waals surface area contributed by atoms with Gasteiger partial charge in [0.2, 0.25) is 11.8 Å². The Morgan fingerprint density at radius 3 is 2.29 bits per heavy atom. The molecule has 6 heteroatoms. The fourth-order valence-corrected chi connectivity index (χ4v) is 3.93. The lowest BCUT2D eigenvalue weighted by Gasteiger charge is -2.23. The number of carbonyl (C=O) groups excluding carboxylic acids is 2. The Morgan fingerprint density at radius 1 is 1.00 bits per heavy atom. The molecule has 0 N–H and O–H groups in total. The van der Waals surface area contributed by atoms with Crippen LogP contribution in [0, 0.1) is 0 Å². The lowest BCUT2D eigenvalue weighted by molar-refractivity contribution is -0.133. The largest absolute Gasteiger partial charge is 0.497 e. The smallest absolute Gasteiger partial charge is 0.222 e. The predicted octanol–water partition coefficient (Wildman–Crippen LogP) is 2.65. The van der Waals surface area contributed by atoms with Crippen LogP contribution in [0.4, 0.5) is 0 Å². The Balaban J connectivity index is 1.40. The van der Waals surface area contributed by atoms with Gasteiger partial charge in [0, 0.05) is 45.6 Å². The molecule has 0 aliphatic carbocycles. The van der Waals surface area contributed by atoms with Crippen LogP contribution in [0.25, 0.3) is 0 Å². The van der Waals surface area contributed by atoms with E-state index in [1.807, 2.05) is 34.1 Å². The number of hydrogen-bond acceptors (Lipinski definition) is 4. The summed E-state index contributed by atoms with van der Waals surface area (Å²) in [5, 5.41) is 0. The molecule has 0 spiro atoms. The Labute approximate surface area is 167 Å². The molecule has 1 atom stereocenters. The van der Waals surface area contributed by atoms with Gasteiger partial charge in [-0.1, -0.05) is 12.1 Å². The van der Waals surface area contributed by atoms with Crippen molar-refractivity contribution in [1.29, 1.82) is 0 Å². The van der Waals surface area contributed by atoms with Crippen molar-refractivity contribution < 1.29 is 19.1 Å². The molecule has 2 amide bonds. The molecule has 2 aliphatic rings. The lowest BCUT2D eigenvalue weighted by atomic mass is 10.1. The van der Waals surface area contributed by atoms with E-state index in [1.165, 1.54) is 0 Å². The highest BCUT2D eigenvalue weighted by atomic mass is 16.5. The van der Waals surface area contributed by atoms with E-state index < -0.39 is 0 Å². The number of methoxy groups -OCH3 is 1. The van der Waals surface area contributed by atoms with Crippen molar-refractivity contribution in [2.24, 2.45) is 0 Å². The molecule has 0 aromatic heterocycles. The molecule has 28 heavy (non-hydrogen) atoms. The summed E-state index contributed by atoms with van der Waals surface area (Å²) in [5.74, 6) is 1.19. The Hall–Kier alpha value is -2.08. The van der Waals surface area contributed by atoms with Crippen LogP contribution in [0.15, 0.2) is 24.3 Å². The third kappa shape index (κ3) is 5.96. The standard InChI is InChI=1S/C22H32N2O4/c1-27-19-8-5-18(6-9-19)7-11-21(25)23-13-3-14-24(16-15-23)22(26)12-10-20-4-2-17-28-20/h5-6,8-9,20H,2-4,7,10-17H2,1H3. The van der Waals surface area contributed by atoms with Crippen molar-refractivity contribution in [1.82, 2.24) is 9.80 Å². The van der Waals surface area contributed by atoms with Gasteiger partial charge in [-0.25, -0.2) is 0 Å². The highest BCUT2D eigenvalue weighted by Crippen LogP contribution is 2.18. The normalized spacial score (nSPS) is 20.1. The van der Waals surface area contributed by atoms with Crippen LogP contribution in [0.3, 0.4) is 0 Å². The van der Waals surface area contributed by atoms with Crippen molar-refractivity contribution >= 4 is 11.8 Å². The van der Waals surface area contributed by atoms with Crippen molar-refractivity contribution in [3.05, 3.63) is 29.8 Å². The fourth-order valence-electron chi connectivity index (χ4n) is 3.93. The first-order chi connectivity index (χ1) is 13.7. The maximum absolute atomic E-state index is 12.6. The monoisotopic (exact) mass is 388 g/mol. The van der Waals surface area contributed by atoms with Gasteiger partial charge >= 0.3 is 0 Å². The first kappa shape index (κ1) is 20.6. The first-order valence-electron chi connectivity index (χ1n) is 10.5. The number of ether oxygens (including phenoxy) is 2. The summed E-state index contributed by atoms with van der Waals surface area (Å²) < 4.78 is 10.8. The summed E-state index contributed by atoms with van der Waals surface area (Å²) in [7, 11) is 1.65. The van der Waals surface area contributed by atoms with Crippen LogP contribution in [0.2, 0.25) is 0 Å². The molecule has 0 radical (unpaired) electrons. The topological polar surface area (TPSA) is 59.1 Å². The number of carbonyl (C=O) groups is 2. The van der Waals surface area contributed by atoms with Gasteiger partial charge in [-0.3, -0.25) is 9.59 Å². The van der Waals surface area contributed by atoms with Gasteiger partial charge in [-0.2, -0.15) is 0 Å².